The summed E-state index contributed by atoms with van der Waals surface area (Å²) in [7, 11) is 3.53. The Morgan fingerprint density at radius 3 is 2.36 bits per heavy atom. The van der Waals surface area contributed by atoms with Crippen LogP contribution in [-0.2, 0) is 6.42 Å². The number of benzene rings is 2. The van der Waals surface area contributed by atoms with Gasteiger partial charge in [-0.05, 0) is 80.2 Å². The van der Waals surface area contributed by atoms with Crippen LogP contribution in [0.4, 0.5) is 0 Å². The Morgan fingerprint density at radius 2 is 1.75 bits per heavy atom. The molecular weight excluding hydrogens is 372 g/mol. The second-order valence-electron chi connectivity index (χ2n) is 7.58. The molecule has 1 heterocycles. The summed E-state index contributed by atoms with van der Waals surface area (Å²) in [5.74, 6) is 1.41. The highest BCUT2D eigenvalue weighted by molar-refractivity contribution is 6.30. The topological polar surface area (TPSA) is 32.8 Å². The molecule has 28 heavy (non-hydrogen) atoms. The fraction of sp³-hybridized carbons (Fsp3) is 0.435. The smallest absolute Gasteiger partial charge is 0.253 e. The van der Waals surface area contributed by atoms with E-state index in [1.54, 1.807) is 7.11 Å². The first-order valence-corrected chi connectivity index (χ1v) is 10.3. The molecule has 0 aliphatic carbocycles. The second-order valence-corrected chi connectivity index (χ2v) is 8.01. The summed E-state index contributed by atoms with van der Waals surface area (Å²) in [6.07, 6.45) is 3.33. The van der Waals surface area contributed by atoms with Crippen LogP contribution in [0.25, 0.3) is 0 Å². The van der Waals surface area contributed by atoms with Gasteiger partial charge in [-0.2, -0.15) is 0 Å². The van der Waals surface area contributed by atoms with Crippen molar-refractivity contribution in [2.24, 2.45) is 5.92 Å². The number of hydrogen-bond acceptors (Lipinski definition) is 3. The van der Waals surface area contributed by atoms with Crippen molar-refractivity contribution < 1.29 is 9.53 Å². The van der Waals surface area contributed by atoms with E-state index < -0.39 is 0 Å². The molecule has 3 rings (SSSR count). The van der Waals surface area contributed by atoms with E-state index >= 15 is 0 Å². The fourth-order valence-corrected chi connectivity index (χ4v) is 3.88. The van der Waals surface area contributed by atoms with Crippen molar-refractivity contribution in [2.45, 2.75) is 19.3 Å². The lowest BCUT2D eigenvalue weighted by Crippen LogP contribution is -2.40. The van der Waals surface area contributed by atoms with E-state index in [-0.39, 0.29) is 5.91 Å². The molecule has 0 atom stereocenters. The van der Waals surface area contributed by atoms with E-state index in [1.165, 1.54) is 5.56 Å². The minimum Gasteiger partial charge on any atom is -0.497 e. The normalized spacial score (nSPS) is 15.4. The first-order chi connectivity index (χ1) is 13.5. The van der Waals surface area contributed by atoms with Crippen LogP contribution in [-0.4, -0.2) is 56.0 Å². The maximum absolute atomic E-state index is 12.6. The van der Waals surface area contributed by atoms with Gasteiger partial charge in [0.1, 0.15) is 5.75 Å². The summed E-state index contributed by atoms with van der Waals surface area (Å²) in [6.45, 7) is 4.09. The van der Waals surface area contributed by atoms with E-state index in [2.05, 4.69) is 17.0 Å². The van der Waals surface area contributed by atoms with Crippen LogP contribution in [0.1, 0.15) is 28.8 Å². The highest BCUT2D eigenvalue weighted by Crippen LogP contribution is 2.20. The number of likely N-dealkylation sites (tertiary alicyclic amines) is 1. The van der Waals surface area contributed by atoms with Crippen molar-refractivity contribution in [3.8, 4) is 5.75 Å². The van der Waals surface area contributed by atoms with E-state index in [1.807, 2.05) is 48.3 Å². The number of ether oxygens (including phenoxy) is 1. The molecule has 1 aliphatic rings. The third kappa shape index (κ3) is 5.73. The molecule has 1 amide bonds. The van der Waals surface area contributed by atoms with Crippen LogP contribution >= 0.6 is 11.6 Å². The quantitative estimate of drug-likeness (QED) is 0.691. The maximum atomic E-state index is 12.6. The zero-order valence-corrected chi connectivity index (χ0v) is 17.5. The van der Waals surface area contributed by atoms with E-state index in [9.17, 15) is 4.79 Å². The first-order valence-electron chi connectivity index (χ1n) is 9.91. The number of rotatable bonds is 7. The van der Waals surface area contributed by atoms with Gasteiger partial charge < -0.3 is 14.5 Å². The Kier molecular flexibility index (Phi) is 7.35. The van der Waals surface area contributed by atoms with Gasteiger partial charge in [-0.15, -0.1) is 0 Å². The standard InChI is InChI=1S/C23H29ClN2O2/c1-25(23(27)20-5-9-22(28-2)10-6-20)17-19-12-15-26(16-13-19)14-11-18-3-7-21(24)8-4-18/h3-10,19H,11-17H2,1-2H3. The number of carbonyl (C=O) groups is 1. The van der Waals surface area contributed by atoms with Crippen molar-refractivity contribution in [1.82, 2.24) is 9.80 Å². The molecule has 0 N–H and O–H groups in total. The van der Waals surface area contributed by atoms with Crippen molar-refractivity contribution >= 4 is 17.5 Å². The first kappa shape index (κ1) is 20.7. The van der Waals surface area contributed by atoms with Crippen LogP contribution < -0.4 is 4.74 Å². The number of piperidine rings is 1. The van der Waals surface area contributed by atoms with Gasteiger partial charge in [-0.1, -0.05) is 23.7 Å². The van der Waals surface area contributed by atoms with Crippen LogP contribution in [0.2, 0.25) is 5.02 Å². The summed E-state index contributed by atoms with van der Waals surface area (Å²) >= 11 is 5.95. The van der Waals surface area contributed by atoms with E-state index in [0.717, 1.165) is 56.2 Å². The van der Waals surface area contributed by atoms with E-state index in [4.69, 9.17) is 16.3 Å². The van der Waals surface area contributed by atoms with Gasteiger partial charge >= 0.3 is 0 Å². The lowest BCUT2D eigenvalue weighted by molar-refractivity contribution is 0.0740. The highest BCUT2D eigenvalue weighted by Gasteiger charge is 2.22. The molecule has 0 saturated carbocycles. The molecule has 1 saturated heterocycles. The minimum absolute atomic E-state index is 0.0767. The van der Waals surface area contributed by atoms with Crippen LogP contribution in [0.5, 0.6) is 5.75 Å². The molecule has 2 aromatic carbocycles. The summed E-state index contributed by atoms with van der Waals surface area (Å²) in [5, 5.41) is 0.790. The van der Waals surface area contributed by atoms with Gasteiger partial charge in [0.25, 0.3) is 5.91 Å². The molecule has 1 fully saturated rings. The van der Waals surface area contributed by atoms with Gasteiger partial charge in [0, 0.05) is 30.7 Å². The Labute approximate surface area is 173 Å². The maximum Gasteiger partial charge on any atom is 0.253 e. The molecule has 2 aromatic rings. The summed E-state index contributed by atoms with van der Waals surface area (Å²) in [4.78, 5) is 17.0. The number of amides is 1. The second kappa shape index (κ2) is 9.94. The van der Waals surface area contributed by atoms with Gasteiger partial charge in [-0.3, -0.25) is 4.79 Å². The van der Waals surface area contributed by atoms with Crippen LogP contribution in [0, 0.1) is 5.92 Å². The molecule has 4 nitrogen and oxygen atoms in total. The molecule has 0 bridgehead atoms. The molecule has 0 radical (unpaired) electrons. The third-order valence-electron chi connectivity index (χ3n) is 5.55. The summed E-state index contributed by atoms with van der Waals surface area (Å²) in [5.41, 5.74) is 2.04. The average Bonchev–Trinajstić information content (AvgIpc) is 2.74. The Morgan fingerprint density at radius 1 is 1.11 bits per heavy atom. The molecular formula is C23H29ClN2O2. The Balaban J connectivity index is 1.41. The lowest BCUT2D eigenvalue weighted by atomic mass is 9.95. The van der Waals surface area contributed by atoms with Gasteiger partial charge in [0.2, 0.25) is 0 Å². The highest BCUT2D eigenvalue weighted by atomic mass is 35.5. The van der Waals surface area contributed by atoms with Gasteiger partial charge in [0.15, 0.2) is 0 Å². The summed E-state index contributed by atoms with van der Waals surface area (Å²) in [6, 6.07) is 15.5. The van der Waals surface area contributed by atoms with E-state index in [0.29, 0.717) is 11.5 Å². The minimum atomic E-state index is 0.0767. The molecule has 5 heteroatoms. The number of carbonyl (C=O) groups excluding carboxylic acids is 1. The molecule has 0 unspecified atom stereocenters. The number of hydrogen-bond donors (Lipinski definition) is 0. The van der Waals surface area contributed by atoms with Crippen molar-refractivity contribution in [2.75, 3.05) is 40.3 Å². The predicted octanol–water partition coefficient (Wildman–Crippen LogP) is 4.38. The van der Waals surface area contributed by atoms with Crippen molar-refractivity contribution in [1.29, 1.82) is 0 Å². The lowest BCUT2D eigenvalue weighted by Gasteiger charge is -2.34. The number of methoxy groups -OCH3 is 1. The fourth-order valence-electron chi connectivity index (χ4n) is 3.76. The van der Waals surface area contributed by atoms with Crippen molar-refractivity contribution in [3.63, 3.8) is 0 Å². The number of nitrogens with zero attached hydrogens (tertiary/aromatic N) is 2. The van der Waals surface area contributed by atoms with Crippen LogP contribution in [0.15, 0.2) is 48.5 Å². The molecule has 0 spiro atoms. The average molecular weight is 401 g/mol. The SMILES string of the molecule is COc1ccc(C(=O)N(C)CC2CCN(CCc3ccc(Cl)cc3)CC2)cc1. The Hall–Kier alpha value is -2.04. The zero-order valence-electron chi connectivity index (χ0n) is 16.7. The van der Waals surface area contributed by atoms with Crippen LogP contribution in [0.3, 0.4) is 0 Å². The summed E-state index contributed by atoms with van der Waals surface area (Å²) < 4.78 is 5.16. The molecule has 150 valence electrons. The largest absolute Gasteiger partial charge is 0.497 e. The predicted molar refractivity (Wildman–Crippen MR) is 114 cm³/mol. The van der Waals surface area contributed by atoms with Gasteiger partial charge in [0.05, 0.1) is 7.11 Å². The molecule has 0 aromatic heterocycles. The third-order valence-corrected chi connectivity index (χ3v) is 5.80. The Bertz CT molecular complexity index is 753. The monoisotopic (exact) mass is 400 g/mol. The number of halogens is 1. The molecule has 1 aliphatic heterocycles. The zero-order chi connectivity index (χ0) is 19.9. The van der Waals surface area contributed by atoms with Gasteiger partial charge in [-0.25, -0.2) is 0 Å². The van der Waals surface area contributed by atoms with Crippen molar-refractivity contribution in [3.05, 3.63) is 64.7 Å².